The van der Waals surface area contributed by atoms with Crippen LogP contribution in [-0.2, 0) is 0 Å². The molecule has 0 heterocycles. The number of rotatable bonds is 4. The van der Waals surface area contributed by atoms with Crippen molar-refractivity contribution in [2.45, 2.75) is 19.9 Å². The highest BCUT2D eigenvalue weighted by atomic mass is 35.5. The molecular formula is C16H18ClNO. The van der Waals surface area contributed by atoms with Gasteiger partial charge in [0, 0.05) is 16.6 Å². The van der Waals surface area contributed by atoms with Gasteiger partial charge >= 0.3 is 0 Å². The van der Waals surface area contributed by atoms with Crippen LogP contribution in [0.3, 0.4) is 0 Å². The number of benzene rings is 2. The molecule has 2 nitrogen and oxygen atoms in total. The second-order valence-electron chi connectivity index (χ2n) is 4.56. The third kappa shape index (κ3) is 3.28. The van der Waals surface area contributed by atoms with Crippen LogP contribution in [0.1, 0.15) is 24.1 Å². The van der Waals surface area contributed by atoms with Crippen LogP contribution in [0, 0.1) is 6.92 Å². The van der Waals surface area contributed by atoms with E-state index in [1.165, 1.54) is 0 Å². The number of aryl methyl sites for hydroxylation is 1. The number of hydrogen-bond donors (Lipinski definition) is 1. The molecule has 3 heteroatoms. The molecular weight excluding hydrogens is 258 g/mol. The summed E-state index contributed by atoms with van der Waals surface area (Å²) in [5.74, 6) is 1.65. The van der Waals surface area contributed by atoms with Crippen LogP contribution in [0.2, 0.25) is 5.02 Å². The van der Waals surface area contributed by atoms with Crippen LogP contribution in [0.25, 0.3) is 0 Å². The normalized spacial score (nSPS) is 12.2. The number of hydrogen-bond acceptors (Lipinski definition) is 2. The van der Waals surface area contributed by atoms with Crippen LogP contribution in [-0.4, -0.2) is 7.05 Å². The predicted octanol–water partition coefficient (Wildman–Crippen LogP) is 4.72. The highest BCUT2D eigenvalue weighted by Gasteiger charge is 2.11. The lowest BCUT2D eigenvalue weighted by atomic mass is 10.1. The summed E-state index contributed by atoms with van der Waals surface area (Å²) in [6.45, 7) is 4.11. The van der Waals surface area contributed by atoms with E-state index in [2.05, 4.69) is 18.3 Å². The average Bonchev–Trinajstić information content (AvgIpc) is 2.42. The number of para-hydroxylation sites is 1. The van der Waals surface area contributed by atoms with Gasteiger partial charge < -0.3 is 10.1 Å². The number of halogens is 1. The van der Waals surface area contributed by atoms with Crippen LogP contribution in [0.5, 0.6) is 11.5 Å². The van der Waals surface area contributed by atoms with Gasteiger partial charge in [-0.3, -0.25) is 0 Å². The van der Waals surface area contributed by atoms with Gasteiger partial charge in [-0.1, -0.05) is 35.9 Å². The van der Waals surface area contributed by atoms with E-state index in [1.54, 1.807) is 0 Å². The summed E-state index contributed by atoms with van der Waals surface area (Å²) in [7, 11) is 1.94. The molecule has 0 aromatic heterocycles. The first kappa shape index (κ1) is 13.9. The Morgan fingerprint density at radius 1 is 1.11 bits per heavy atom. The second-order valence-corrected chi connectivity index (χ2v) is 5.00. The number of ether oxygens (including phenoxy) is 1. The molecule has 2 aromatic carbocycles. The van der Waals surface area contributed by atoms with Crippen molar-refractivity contribution in [1.82, 2.24) is 5.32 Å². The zero-order chi connectivity index (χ0) is 13.8. The van der Waals surface area contributed by atoms with Gasteiger partial charge in [0.2, 0.25) is 0 Å². The van der Waals surface area contributed by atoms with Gasteiger partial charge in [-0.15, -0.1) is 0 Å². The Kier molecular flexibility index (Phi) is 4.46. The fourth-order valence-electron chi connectivity index (χ4n) is 1.89. The van der Waals surface area contributed by atoms with E-state index >= 15 is 0 Å². The quantitative estimate of drug-likeness (QED) is 0.872. The van der Waals surface area contributed by atoms with Crippen molar-refractivity contribution in [2.24, 2.45) is 0 Å². The third-order valence-electron chi connectivity index (χ3n) is 3.19. The fraction of sp³-hybridized carbons (Fsp3) is 0.250. The summed E-state index contributed by atoms with van der Waals surface area (Å²) >= 11 is 6.02. The zero-order valence-electron chi connectivity index (χ0n) is 11.4. The topological polar surface area (TPSA) is 21.3 Å². The highest BCUT2D eigenvalue weighted by molar-refractivity contribution is 6.30. The minimum Gasteiger partial charge on any atom is -0.457 e. The van der Waals surface area contributed by atoms with Gasteiger partial charge in [0.15, 0.2) is 0 Å². The molecule has 100 valence electrons. The molecule has 1 unspecified atom stereocenters. The van der Waals surface area contributed by atoms with E-state index in [-0.39, 0.29) is 6.04 Å². The SMILES string of the molecule is CNC(C)c1ccccc1Oc1cc(Cl)ccc1C. The summed E-state index contributed by atoms with van der Waals surface area (Å²) < 4.78 is 6.02. The lowest BCUT2D eigenvalue weighted by Crippen LogP contribution is -2.13. The van der Waals surface area contributed by atoms with Crippen LogP contribution >= 0.6 is 11.6 Å². The van der Waals surface area contributed by atoms with E-state index in [4.69, 9.17) is 16.3 Å². The summed E-state index contributed by atoms with van der Waals surface area (Å²) in [5.41, 5.74) is 2.20. The van der Waals surface area contributed by atoms with Gasteiger partial charge in [0.25, 0.3) is 0 Å². The summed E-state index contributed by atoms with van der Waals surface area (Å²) in [5, 5.41) is 3.91. The van der Waals surface area contributed by atoms with Crippen molar-refractivity contribution < 1.29 is 4.74 Å². The minimum atomic E-state index is 0.232. The molecule has 2 aromatic rings. The van der Waals surface area contributed by atoms with Crippen molar-refractivity contribution in [3.63, 3.8) is 0 Å². The molecule has 0 saturated heterocycles. The van der Waals surface area contributed by atoms with E-state index in [1.807, 2.05) is 50.4 Å². The van der Waals surface area contributed by atoms with Crippen LogP contribution in [0.15, 0.2) is 42.5 Å². The van der Waals surface area contributed by atoms with Crippen molar-refractivity contribution >= 4 is 11.6 Å². The molecule has 0 aliphatic heterocycles. The predicted molar refractivity (Wildman–Crippen MR) is 80.2 cm³/mol. The Labute approximate surface area is 119 Å². The van der Waals surface area contributed by atoms with Crippen LogP contribution in [0.4, 0.5) is 0 Å². The Balaban J connectivity index is 2.35. The maximum atomic E-state index is 6.02. The fourth-order valence-corrected chi connectivity index (χ4v) is 2.05. The highest BCUT2D eigenvalue weighted by Crippen LogP contribution is 2.32. The Morgan fingerprint density at radius 3 is 2.58 bits per heavy atom. The first-order valence-electron chi connectivity index (χ1n) is 6.32. The molecule has 0 spiro atoms. The summed E-state index contributed by atoms with van der Waals surface area (Å²) in [6.07, 6.45) is 0. The van der Waals surface area contributed by atoms with E-state index in [0.717, 1.165) is 22.6 Å². The second kappa shape index (κ2) is 6.09. The smallest absolute Gasteiger partial charge is 0.132 e. The zero-order valence-corrected chi connectivity index (χ0v) is 12.2. The maximum absolute atomic E-state index is 6.02. The Hall–Kier alpha value is -1.51. The molecule has 0 radical (unpaired) electrons. The Morgan fingerprint density at radius 2 is 1.84 bits per heavy atom. The van der Waals surface area contributed by atoms with E-state index in [0.29, 0.717) is 5.02 Å². The van der Waals surface area contributed by atoms with Gasteiger partial charge in [-0.2, -0.15) is 0 Å². The molecule has 19 heavy (non-hydrogen) atoms. The van der Waals surface area contributed by atoms with Crippen molar-refractivity contribution in [3.8, 4) is 11.5 Å². The van der Waals surface area contributed by atoms with E-state index < -0.39 is 0 Å². The first-order valence-corrected chi connectivity index (χ1v) is 6.70. The molecule has 0 amide bonds. The largest absolute Gasteiger partial charge is 0.457 e. The molecule has 0 aliphatic rings. The Bertz CT molecular complexity index is 568. The molecule has 0 saturated carbocycles. The standard InChI is InChI=1S/C16H18ClNO/c1-11-8-9-13(17)10-16(11)19-15-7-5-4-6-14(15)12(2)18-3/h4-10,12,18H,1-3H3. The average molecular weight is 276 g/mol. The van der Waals surface area contributed by atoms with Crippen LogP contribution < -0.4 is 10.1 Å². The lowest BCUT2D eigenvalue weighted by Gasteiger charge is -2.17. The molecule has 1 atom stereocenters. The maximum Gasteiger partial charge on any atom is 0.132 e. The molecule has 0 aliphatic carbocycles. The van der Waals surface area contributed by atoms with Crippen molar-refractivity contribution in [1.29, 1.82) is 0 Å². The number of nitrogens with one attached hydrogen (secondary N) is 1. The third-order valence-corrected chi connectivity index (χ3v) is 3.42. The molecule has 0 bridgehead atoms. The van der Waals surface area contributed by atoms with E-state index in [9.17, 15) is 0 Å². The van der Waals surface area contributed by atoms with Crippen molar-refractivity contribution in [3.05, 3.63) is 58.6 Å². The monoisotopic (exact) mass is 275 g/mol. The minimum absolute atomic E-state index is 0.232. The summed E-state index contributed by atoms with van der Waals surface area (Å²) in [6, 6.07) is 13.9. The summed E-state index contributed by atoms with van der Waals surface area (Å²) in [4.78, 5) is 0. The van der Waals surface area contributed by atoms with Gasteiger partial charge in [0.05, 0.1) is 0 Å². The lowest BCUT2D eigenvalue weighted by molar-refractivity contribution is 0.463. The van der Waals surface area contributed by atoms with Gasteiger partial charge in [-0.25, -0.2) is 0 Å². The molecule has 0 fully saturated rings. The molecule has 1 N–H and O–H groups in total. The van der Waals surface area contributed by atoms with Crippen molar-refractivity contribution in [2.75, 3.05) is 7.05 Å². The molecule has 2 rings (SSSR count). The van der Waals surface area contributed by atoms with Gasteiger partial charge in [0.1, 0.15) is 11.5 Å². The first-order chi connectivity index (χ1) is 9.11. The van der Waals surface area contributed by atoms with Gasteiger partial charge in [-0.05, 0) is 44.7 Å².